The molecule has 0 aliphatic heterocycles. The molecule has 1 amide bonds. The van der Waals surface area contributed by atoms with Crippen LogP contribution in [0.4, 0.5) is 8.78 Å². The van der Waals surface area contributed by atoms with E-state index in [0.717, 1.165) is 17.2 Å². The summed E-state index contributed by atoms with van der Waals surface area (Å²) < 4.78 is 32.0. The van der Waals surface area contributed by atoms with Crippen molar-refractivity contribution in [3.8, 4) is 5.75 Å². The lowest BCUT2D eigenvalue weighted by atomic mass is 9.95. The van der Waals surface area contributed by atoms with E-state index in [1.807, 2.05) is 19.1 Å². The standard InChI is InChI=1S/C19H21F2NO3/c1-12-4-5-13(8-17(12)25-3)9-18(23)22-11-19(2,24)15-7-6-14(20)10-16(15)21/h4-8,10,24H,9,11H2,1-3H3,(H,22,23). The number of hydrogen-bond acceptors (Lipinski definition) is 3. The van der Waals surface area contributed by atoms with Gasteiger partial charge >= 0.3 is 0 Å². The highest BCUT2D eigenvalue weighted by Crippen LogP contribution is 2.24. The average molecular weight is 349 g/mol. The molecule has 6 heteroatoms. The molecule has 1 atom stereocenters. The Labute approximate surface area is 145 Å². The van der Waals surface area contributed by atoms with Gasteiger partial charge in [-0.1, -0.05) is 18.2 Å². The Bertz CT molecular complexity index is 775. The number of halogens is 2. The number of amides is 1. The second-order valence-corrected chi connectivity index (χ2v) is 6.16. The predicted octanol–water partition coefficient (Wildman–Crippen LogP) is 2.85. The molecule has 0 aliphatic carbocycles. The first-order chi connectivity index (χ1) is 11.7. The van der Waals surface area contributed by atoms with Crippen LogP contribution in [0, 0.1) is 18.6 Å². The third-order valence-corrected chi connectivity index (χ3v) is 3.98. The third kappa shape index (κ3) is 4.76. The van der Waals surface area contributed by atoms with Gasteiger partial charge in [0.05, 0.1) is 20.1 Å². The Balaban J connectivity index is 2.01. The number of hydrogen-bond donors (Lipinski definition) is 2. The number of aryl methyl sites for hydroxylation is 1. The van der Waals surface area contributed by atoms with Gasteiger partial charge < -0.3 is 15.2 Å². The van der Waals surface area contributed by atoms with Crippen molar-refractivity contribution in [2.75, 3.05) is 13.7 Å². The molecule has 0 fully saturated rings. The minimum Gasteiger partial charge on any atom is -0.496 e. The maximum absolute atomic E-state index is 13.8. The summed E-state index contributed by atoms with van der Waals surface area (Å²) >= 11 is 0. The van der Waals surface area contributed by atoms with Crippen molar-refractivity contribution in [2.24, 2.45) is 0 Å². The van der Waals surface area contributed by atoms with E-state index < -0.39 is 17.2 Å². The highest BCUT2D eigenvalue weighted by molar-refractivity contribution is 5.78. The van der Waals surface area contributed by atoms with Gasteiger partial charge in [-0.15, -0.1) is 0 Å². The normalized spacial score (nSPS) is 13.2. The van der Waals surface area contributed by atoms with Gasteiger partial charge in [-0.05, 0) is 37.1 Å². The van der Waals surface area contributed by atoms with E-state index >= 15 is 0 Å². The van der Waals surface area contributed by atoms with E-state index in [-0.39, 0.29) is 24.4 Å². The fraction of sp³-hybridized carbons (Fsp3) is 0.316. The minimum absolute atomic E-state index is 0.0776. The molecule has 2 aromatic carbocycles. The summed E-state index contributed by atoms with van der Waals surface area (Å²) in [6.07, 6.45) is 0.0959. The lowest BCUT2D eigenvalue weighted by Gasteiger charge is -2.24. The number of nitrogens with one attached hydrogen (secondary N) is 1. The Morgan fingerprint density at radius 3 is 2.60 bits per heavy atom. The molecule has 25 heavy (non-hydrogen) atoms. The quantitative estimate of drug-likeness (QED) is 0.843. The maximum atomic E-state index is 13.8. The summed E-state index contributed by atoms with van der Waals surface area (Å²) in [5, 5.41) is 13.0. The smallest absolute Gasteiger partial charge is 0.224 e. The summed E-state index contributed by atoms with van der Waals surface area (Å²) in [6.45, 7) is 3.06. The zero-order valence-corrected chi connectivity index (χ0v) is 14.4. The van der Waals surface area contributed by atoms with Crippen LogP contribution in [0.5, 0.6) is 5.75 Å². The zero-order valence-electron chi connectivity index (χ0n) is 14.4. The van der Waals surface area contributed by atoms with Crippen LogP contribution in [0.15, 0.2) is 36.4 Å². The van der Waals surface area contributed by atoms with Crippen molar-refractivity contribution in [2.45, 2.75) is 25.9 Å². The molecule has 2 N–H and O–H groups in total. The van der Waals surface area contributed by atoms with E-state index in [0.29, 0.717) is 11.8 Å². The molecule has 0 saturated carbocycles. The fourth-order valence-corrected chi connectivity index (χ4v) is 2.51. The van der Waals surface area contributed by atoms with Crippen LogP contribution in [0.2, 0.25) is 0 Å². The molecular weight excluding hydrogens is 328 g/mol. The predicted molar refractivity (Wildman–Crippen MR) is 90.4 cm³/mol. The molecular formula is C19H21F2NO3. The van der Waals surface area contributed by atoms with E-state index in [4.69, 9.17) is 4.74 Å². The number of aliphatic hydroxyl groups is 1. The van der Waals surface area contributed by atoms with Crippen molar-refractivity contribution in [1.29, 1.82) is 0 Å². The Morgan fingerprint density at radius 1 is 1.24 bits per heavy atom. The van der Waals surface area contributed by atoms with Gasteiger partial charge in [0.15, 0.2) is 0 Å². The largest absolute Gasteiger partial charge is 0.496 e. The van der Waals surface area contributed by atoms with Crippen LogP contribution in [0.1, 0.15) is 23.6 Å². The Morgan fingerprint density at radius 2 is 1.96 bits per heavy atom. The van der Waals surface area contributed by atoms with Crippen molar-refractivity contribution in [1.82, 2.24) is 5.32 Å². The number of benzene rings is 2. The molecule has 4 nitrogen and oxygen atoms in total. The molecule has 2 rings (SSSR count). The molecule has 0 heterocycles. The molecule has 0 saturated heterocycles. The molecule has 0 aliphatic rings. The van der Waals surface area contributed by atoms with Crippen molar-refractivity contribution in [3.05, 3.63) is 64.7 Å². The third-order valence-electron chi connectivity index (χ3n) is 3.98. The van der Waals surface area contributed by atoms with Gasteiger partial charge in [0.2, 0.25) is 5.91 Å². The summed E-state index contributed by atoms with van der Waals surface area (Å²) in [4.78, 5) is 12.1. The van der Waals surface area contributed by atoms with Crippen molar-refractivity contribution in [3.63, 3.8) is 0 Å². The summed E-state index contributed by atoms with van der Waals surface area (Å²) in [6, 6.07) is 8.37. The second-order valence-electron chi connectivity index (χ2n) is 6.16. The highest BCUT2D eigenvalue weighted by Gasteiger charge is 2.27. The van der Waals surface area contributed by atoms with Crippen LogP contribution in [-0.2, 0) is 16.8 Å². The summed E-state index contributed by atoms with van der Waals surface area (Å²) in [5.41, 5.74) is -0.0153. The summed E-state index contributed by atoms with van der Waals surface area (Å²) in [7, 11) is 1.56. The molecule has 0 bridgehead atoms. The van der Waals surface area contributed by atoms with Crippen molar-refractivity contribution < 1.29 is 23.4 Å². The number of carbonyl (C=O) groups excluding carboxylic acids is 1. The van der Waals surface area contributed by atoms with E-state index in [1.54, 1.807) is 13.2 Å². The molecule has 134 valence electrons. The van der Waals surface area contributed by atoms with Crippen LogP contribution < -0.4 is 10.1 Å². The maximum Gasteiger partial charge on any atom is 0.224 e. The molecule has 0 spiro atoms. The lowest BCUT2D eigenvalue weighted by molar-refractivity contribution is -0.121. The van der Waals surface area contributed by atoms with Crippen molar-refractivity contribution >= 4 is 5.91 Å². The van der Waals surface area contributed by atoms with Crippen LogP contribution in [-0.4, -0.2) is 24.7 Å². The second kappa shape index (κ2) is 7.61. The van der Waals surface area contributed by atoms with Gasteiger partial charge in [0.25, 0.3) is 0 Å². The number of carbonyl (C=O) groups is 1. The van der Waals surface area contributed by atoms with Gasteiger partial charge in [-0.2, -0.15) is 0 Å². The number of methoxy groups -OCH3 is 1. The first kappa shape index (κ1) is 18.9. The van der Waals surface area contributed by atoms with Crippen LogP contribution in [0.25, 0.3) is 0 Å². The highest BCUT2D eigenvalue weighted by atomic mass is 19.1. The van der Waals surface area contributed by atoms with Gasteiger partial charge in [0.1, 0.15) is 23.0 Å². The topological polar surface area (TPSA) is 58.6 Å². The van der Waals surface area contributed by atoms with Crippen LogP contribution >= 0.6 is 0 Å². The zero-order chi connectivity index (χ0) is 18.6. The molecule has 0 radical (unpaired) electrons. The monoisotopic (exact) mass is 349 g/mol. The van der Waals surface area contributed by atoms with Gasteiger partial charge in [-0.3, -0.25) is 4.79 Å². The number of rotatable bonds is 6. The first-order valence-electron chi connectivity index (χ1n) is 7.81. The molecule has 0 aromatic heterocycles. The fourth-order valence-electron chi connectivity index (χ4n) is 2.51. The van der Waals surface area contributed by atoms with E-state index in [1.165, 1.54) is 13.0 Å². The Kier molecular flexibility index (Phi) is 5.74. The average Bonchev–Trinajstić information content (AvgIpc) is 2.54. The summed E-state index contributed by atoms with van der Waals surface area (Å²) in [5.74, 6) is -1.23. The SMILES string of the molecule is COc1cc(CC(=O)NCC(C)(O)c2ccc(F)cc2F)ccc1C. The molecule has 2 aromatic rings. The van der Waals surface area contributed by atoms with Crippen LogP contribution in [0.3, 0.4) is 0 Å². The molecule has 1 unspecified atom stereocenters. The Hall–Kier alpha value is -2.47. The van der Waals surface area contributed by atoms with Gasteiger partial charge in [-0.25, -0.2) is 8.78 Å². The first-order valence-corrected chi connectivity index (χ1v) is 7.81. The van der Waals surface area contributed by atoms with Gasteiger partial charge in [0, 0.05) is 11.6 Å². The lowest BCUT2D eigenvalue weighted by Crippen LogP contribution is -2.39. The van der Waals surface area contributed by atoms with E-state index in [9.17, 15) is 18.7 Å². The minimum atomic E-state index is -1.65. The number of ether oxygens (including phenoxy) is 1. The van der Waals surface area contributed by atoms with E-state index in [2.05, 4.69) is 5.32 Å².